The highest BCUT2D eigenvalue weighted by atomic mass is 35.5. The van der Waals surface area contributed by atoms with Crippen LogP contribution in [0.1, 0.15) is 16.8 Å². The summed E-state index contributed by atoms with van der Waals surface area (Å²) in [6, 6.07) is 12.5. The molecule has 3 aromatic rings. The molecule has 4 rings (SSSR count). The molecule has 0 saturated carbocycles. The monoisotopic (exact) mass is 486 g/mol. The Labute approximate surface area is 195 Å². The second-order valence-corrected chi connectivity index (χ2v) is 9.51. The van der Waals surface area contributed by atoms with E-state index in [4.69, 9.17) is 16.1 Å². The van der Waals surface area contributed by atoms with Crippen molar-refractivity contribution in [2.45, 2.75) is 25.7 Å². The minimum Gasteiger partial charge on any atom is -0.350 e. The highest BCUT2D eigenvalue weighted by molar-refractivity contribution is 7.92. The number of aromatic nitrogens is 1. The maximum Gasteiger partial charge on any atom is 0.283 e. The molecule has 9 nitrogen and oxygen atoms in total. The van der Waals surface area contributed by atoms with Crippen molar-refractivity contribution in [1.82, 2.24) is 5.16 Å². The third-order valence-corrected chi connectivity index (χ3v) is 6.84. The summed E-state index contributed by atoms with van der Waals surface area (Å²) in [5, 5.41) is 6.29. The van der Waals surface area contributed by atoms with Gasteiger partial charge in [-0.1, -0.05) is 34.5 Å². The van der Waals surface area contributed by atoms with Gasteiger partial charge in [-0.3, -0.25) is 9.59 Å². The Kier molecular flexibility index (Phi) is 5.73. The molecule has 170 valence electrons. The number of benzene rings is 2. The molecule has 1 aliphatic rings. The van der Waals surface area contributed by atoms with Crippen LogP contribution in [0.5, 0.6) is 0 Å². The first-order valence-corrected chi connectivity index (χ1v) is 11.6. The van der Waals surface area contributed by atoms with Crippen LogP contribution < -0.4 is 14.9 Å². The SMILES string of the molecule is Cc1ccc(N2C(=O)C(Cl)=C(Nc3ccc(S(=O)(=O)Nc4onc(C)c4C)cc3)C2=O)cc1. The van der Waals surface area contributed by atoms with Crippen LogP contribution in [0, 0.1) is 20.8 Å². The summed E-state index contributed by atoms with van der Waals surface area (Å²) >= 11 is 6.14. The van der Waals surface area contributed by atoms with Crippen molar-refractivity contribution < 1.29 is 22.5 Å². The highest BCUT2D eigenvalue weighted by Gasteiger charge is 2.38. The molecule has 0 fully saturated rings. The number of sulfonamides is 1. The molecule has 2 amide bonds. The average Bonchev–Trinajstić information content (AvgIpc) is 3.20. The molecule has 1 aromatic heterocycles. The zero-order chi connectivity index (χ0) is 23.9. The molecular formula is C22H19ClN4O5S. The first kappa shape index (κ1) is 22.6. The molecule has 0 bridgehead atoms. The highest BCUT2D eigenvalue weighted by Crippen LogP contribution is 2.30. The Hall–Kier alpha value is -3.63. The first-order valence-electron chi connectivity index (χ1n) is 9.76. The molecule has 0 radical (unpaired) electrons. The molecule has 0 aliphatic carbocycles. The lowest BCUT2D eigenvalue weighted by atomic mass is 10.2. The largest absolute Gasteiger partial charge is 0.350 e. The standard InChI is InChI=1S/C22H19ClN4O5S/c1-12-4-8-16(9-5-12)27-21(28)18(23)19(22(27)29)24-15-6-10-17(11-7-15)33(30,31)26-20-13(2)14(3)25-32-20/h4-11,24,26H,1-3H3. The predicted octanol–water partition coefficient (Wildman–Crippen LogP) is 3.84. The number of imide groups is 1. The lowest BCUT2D eigenvalue weighted by Gasteiger charge is -2.15. The lowest BCUT2D eigenvalue weighted by molar-refractivity contribution is -0.120. The second-order valence-electron chi connectivity index (χ2n) is 7.45. The molecule has 0 spiro atoms. The zero-order valence-electron chi connectivity index (χ0n) is 17.8. The van der Waals surface area contributed by atoms with Crippen molar-refractivity contribution in [2.75, 3.05) is 14.9 Å². The van der Waals surface area contributed by atoms with E-state index < -0.39 is 21.8 Å². The normalized spacial score (nSPS) is 14.2. The third kappa shape index (κ3) is 4.22. The van der Waals surface area contributed by atoms with E-state index in [0.717, 1.165) is 10.5 Å². The van der Waals surface area contributed by atoms with Crippen LogP contribution in [0.2, 0.25) is 0 Å². The van der Waals surface area contributed by atoms with Gasteiger partial charge < -0.3 is 9.84 Å². The molecule has 0 unspecified atom stereocenters. The van der Waals surface area contributed by atoms with Gasteiger partial charge in [-0.15, -0.1) is 0 Å². The molecule has 33 heavy (non-hydrogen) atoms. The number of hydrogen-bond donors (Lipinski definition) is 2. The Morgan fingerprint density at radius 1 is 0.939 bits per heavy atom. The van der Waals surface area contributed by atoms with E-state index in [9.17, 15) is 18.0 Å². The molecule has 0 atom stereocenters. The molecule has 2 N–H and O–H groups in total. The fourth-order valence-electron chi connectivity index (χ4n) is 3.09. The van der Waals surface area contributed by atoms with Crippen LogP contribution in [0.4, 0.5) is 17.3 Å². The molecule has 0 saturated heterocycles. The summed E-state index contributed by atoms with van der Waals surface area (Å²) in [5.41, 5.74) is 2.82. The van der Waals surface area contributed by atoms with E-state index in [-0.39, 0.29) is 21.5 Å². The van der Waals surface area contributed by atoms with Gasteiger partial charge in [0.1, 0.15) is 10.7 Å². The average molecular weight is 487 g/mol. The van der Waals surface area contributed by atoms with Crippen molar-refractivity contribution in [3.63, 3.8) is 0 Å². The zero-order valence-corrected chi connectivity index (χ0v) is 19.4. The second kappa shape index (κ2) is 8.38. The summed E-state index contributed by atoms with van der Waals surface area (Å²) < 4.78 is 32.6. The minimum atomic E-state index is -3.92. The minimum absolute atomic E-state index is 0.0308. The summed E-state index contributed by atoms with van der Waals surface area (Å²) in [5.74, 6) is -1.21. The van der Waals surface area contributed by atoms with Crippen molar-refractivity contribution in [2.24, 2.45) is 0 Å². The summed E-state index contributed by atoms with van der Waals surface area (Å²) in [6.07, 6.45) is 0. The quantitative estimate of drug-likeness (QED) is 0.507. The van der Waals surface area contributed by atoms with Gasteiger partial charge in [0.2, 0.25) is 5.88 Å². The number of rotatable bonds is 6. The van der Waals surface area contributed by atoms with Gasteiger partial charge in [0, 0.05) is 11.3 Å². The first-order chi connectivity index (χ1) is 15.6. The van der Waals surface area contributed by atoms with Gasteiger partial charge in [0.25, 0.3) is 21.8 Å². The molecular weight excluding hydrogens is 468 g/mol. The molecule has 2 aromatic carbocycles. The molecule has 2 heterocycles. The topological polar surface area (TPSA) is 122 Å². The van der Waals surface area contributed by atoms with Crippen molar-refractivity contribution >= 4 is 50.7 Å². The van der Waals surface area contributed by atoms with E-state index >= 15 is 0 Å². The van der Waals surface area contributed by atoms with E-state index in [0.29, 0.717) is 22.6 Å². The Morgan fingerprint density at radius 3 is 2.15 bits per heavy atom. The summed E-state index contributed by atoms with van der Waals surface area (Å²) in [4.78, 5) is 26.4. The van der Waals surface area contributed by atoms with Crippen molar-refractivity contribution in [3.8, 4) is 0 Å². The number of nitrogens with one attached hydrogen (secondary N) is 2. The van der Waals surface area contributed by atoms with Crippen LogP contribution in [0.3, 0.4) is 0 Å². The third-order valence-electron chi connectivity index (χ3n) is 5.14. The number of carbonyl (C=O) groups is 2. The summed E-state index contributed by atoms with van der Waals surface area (Å²) in [6.45, 7) is 5.28. The number of amides is 2. The number of aryl methyl sites for hydroxylation is 2. The predicted molar refractivity (Wildman–Crippen MR) is 123 cm³/mol. The molecule has 11 heteroatoms. The Balaban J connectivity index is 1.53. The van der Waals surface area contributed by atoms with Crippen LogP contribution in [-0.2, 0) is 19.6 Å². The van der Waals surface area contributed by atoms with E-state index in [2.05, 4.69) is 15.2 Å². The van der Waals surface area contributed by atoms with Gasteiger partial charge in [-0.05, 0) is 57.2 Å². The fourth-order valence-corrected chi connectivity index (χ4v) is 4.35. The van der Waals surface area contributed by atoms with Gasteiger partial charge in [0.15, 0.2) is 0 Å². The Morgan fingerprint density at radius 2 is 1.58 bits per heavy atom. The maximum atomic E-state index is 12.9. The van der Waals surface area contributed by atoms with Gasteiger partial charge in [0.05, 0.1) is 16.3 Å². The van der Waals surface area contributed by atoms with E-state index in [1.54, 1.807) is 38.1 Å². The maximum absolute atomic E-state index is 12.9. The smallest absolute Gasteiger partial charge is 0.283 e. The van der Waals surface area contributed by atoms with Crippen LogP contribution >= 0.6 is 11.6 Å². The number of hydrogen-bond acceptors (Lipinski definition) is 7. The Bertz CT molecular complexity index is 1390. The van der Waals surface area contributed by atoms with Gasteiger partial charge in [-0.25, -0.2) is 18.0 Å². The summed E-state index contributed by atoms with van der Waals surface area (Å²) in [7, 11) is -3.92. The van der Waals surface area contributed by atoms with Crippen molar-refractivity contribution in [3.05, 3.63) is 76.1 Å². The lowest BCUT2D eigenvalue weighted by Crippen LogP contribution is -2.32. The van der Waals surface area contributed by atoms with Gasteiger partial charge in [-0.2, -0.15) is 0 Å². The molecule has 1 aliphatic heterocycles. The van der Waals surface area contributed by atoms with Crippen LogP contribution in [-0.4, -0.2) is 25.4 Å². The fraction of sp³-hybridized carbons (Fsp3) is 0.136. The van der Waals surface area contributed by atoms with Gasteiger partial charge >= 0.3 is 0 Å². The number of carbonyl (C=O) groups excluding carboxylic acids is 2. The van der Waals surface area contributed by atoms with E-state index in [1.807, 2.05) is 6.92 Å². The van der Waals surface area contributed by atoms with Crippen LogP contribution in [0.15, 0.2) is 68.7 Å². The number of halogens is 1. The van der Waals surface area contributed by atoms with E-state index in [1.165, 1.54) is 24.3 Å². The van der Waals surface area contributed by atoms with Crippen molar-refractivity contribution in [1.29, 1.82) is 0 Å². The van der Waals surface area contributed by atoms with Crippen LogP contribution in [0.25, 0.3) is 0 Å². The number of anilines is 3. The number of nitrogens with zero attached hydrogens (tertiary/aromatic N) is 2.